The van der Waals surface area contributed by atoms with Gasteiger partial charge in [-0.25, -0.2) is 0 Å². The fourth-order valence-corrected chi connectivity index (χ4v) is 6.97. The first-order valence-electron chi connectivity index (χ1n) is 10.9. The van der Waals surface area contributed by atoms with Crippen LogP contribution in [0.25, 0.3) is 0 Å². The number of unbranched alkanes of at least 4 members (excludes halogenated alkanes) is 2. The number of hydrogen-bond acceptors (Lipinski definition) is 6. The third kappa shape index (κ3) is 9.73. The van der Waals surface area contributed by atoms with Gasteiger partial charge in [0.2, 0.25) is 0 Å². The van der Waals surface area contributed by atoms with E-state index in [-0.39, 0.29) is 32.3 Å². The molecule has 7 heteroatoms. The predicted molar refractivity (Wildman–Crippen MR) is 124 cm³/mol. The second-order valence-corrected chi connectivity index (χ2v) is 11.5. The minimum Gasteiger partial charge on any atom is -0.545 e. The summed E-state index contributed by atoms with van der Waals surface area (Å²) in [5, 5.41) is 22.7. The molecule has 6 nitrogen and oxygen atoms in total. The van der Waals surface area contributed by atoms with Crippen molar-refractivity contribution in [3.63, 3.8) is 0 Å². The minimum absolute atomic E-state index is 0.0867. The fraction of sp³-hybridized carbons (Fsp3) is 0.308. The van der Waals surface area contributed by atoms with Gasteiger partial charge >= 0.3 is 69.5 Å². The standard InChI is InChI=1S/C18H12O6.2C4H9.Sn/c19-15(11-7-3-1-4-8-11)13(17(21)22)14(18(23)24)16(20)12-9-5-2-6-10-12;2*1-3-4-2;/h1-10H,(H,21,22)(H,23,24);2*1,3-4H2,2H3;/q;;;+2/p-2/b14-13-;;;. The van der Waals surface area contributed by atoms with Crippen molar-refractivity contribution in [1.29, 1.82) is 0 Å². The van der Waals surface area contributed by atoms with Crippen LogP contribution in [0.15, 0.2) is 71.8 Å². The van der Waals surface area contributed by atoms with Crippen molar-refractivity contribution < 1.29 is 29.4 Å². The minimum atomic E-state index is -2.06. The van der Waals surface area contributed by atoms with Crippen LogP contribution < -0.4 is 10.2 Å². The van der Waals surface area contributed by atoms with E-state index in [1.165, 1.54) is 74.2 Å². The second-order valence-electron chi connectivity index (χ2n) is 7.17. The maximum atomic E-state index is 12.3. The van der Waals surface area contributed by atoms with Gasteiger partial charge in [0.25, 0.3) is 0 Å². The van der Waals surface area contributed by atoms with Crippen molar-refractivity contribution in [2.24, 2.45) is 0 Å². The molecular formula is C26H28O6Sn. The number of carboxylic acid groups (broad SMARTS) is 2. The maximum absolute atomic E-state index is 12.3. The van der Waals surface area contributed by atoms with Gasteiger partial charge in [0.05, 0.1) is 23.1 Å². The van der Waals surface area contributed by atoms with Crippen LogP contribution >= 0.6 is 0 Å². The zero-order chi connectivity index (χ0) is 24.6. The Balaban J connectivity index is 0.000000513. The van der Waals surface area contributed by atoms with Crippen LogP contribution in [-0.4, -0.2) is 44.6 Å². The number of Topliss-reactive ketones (excluding diaryl/α,β-unsaturated/α-hetero) is 2. The van der Waals surface area contributed by atoms with Gasteiger partial charge in [0.15, 0.2) is 11.6 Å². The van der Waals surface area contributed by atoms with Crippen molar-refractivity contribution >= 4 is 44.6 Å². The van der Waals surface area contributed by atoms with Gasteiger partial charge in [-0.15, -0.1) is 0 Å². The van der Waals surface area contributed by atoms with Gasteiger partial charge in [-0.1, -0.05) is 60.7 Å². The average Bonchev–Trinajstić information content (AvgIpc) is 2.82. The molecule has 0 bridgehead atoms. The van der Waals surface area contributed by atoms with E-state index in [0.717, 1.165) is 0 Å². The van der Waals surface area contributed by atoms with Crippen molar-refractivity contribution in [3.05, 3.63) is 82.9 Å². The normalized spacial score (nSPS) is 10.7. The molecule has 172 valence electrons. The Morgan fingerprint density at radius 3 is 1.24 bits per heavy atom. The van der Waals surface area contributed by atoms with E-state index in [1.54, 1.807) is 21.0 Å². The largest absolute Gasteiger partial charge is 0.545 e. The molecule has 0 aliphatic heterocycles. The molecule has 0 aromatic heterocycles. The molecule has 0 atom stereocenters. The Labute approximate surface area is 204 Å². The summed E-state index contributed by atoms with van der Waals surface area (Å²) in [6.45, 7) is 4.58. The Bertz CT molecular complexity index is 874. The fourth-order valence-electron chi connectivity index (χ4n) is 2.81. The van der Waals surface area contributed by atoms with E-state index in [0.29, 0.717) is 0 Å². The van der Waals surface area contributed by atoms with Crippen LogP contribution in [0.5, 0.6) is 0 Å². The first-order chi connectivity index (χ1) is 15.8. The van der Waals surface area contributed by atoms with Crippen LogP contribution in [0, 0.1) is 0 Å². The molecule has 0 spiro atoms. The number of carboxylic acids is 2. The molecule has 0 aliphatic carbocycles. The summed E-state index contributed by atoms with van der Waals surface area (Å²) >= 11 is 0.149. The molecular weight excluding hydrogens is 527 g/mol. The third-order valence-corrected chi connectivity index (χ3v) is 8.63. The van der Waals surface area contributed by atoms with E-state index in [1.807, 2.05) is 0 Å². The van der Waals surface area contributed by atoms with Crippen molar-refractivity contribution in [1.82, 2.24) is 0 Å². The molecule has 0 unspecified atom stereocenters. The molecule has 0 amide bonds. The van der Waals surface area contributed by atoms with E-state index in [2.05, 4.69) is 13.8 Å². The van der Waals surface area contributed by atoms with E-state index >= 15 is 0 Å². The number of aliphatic carboxylic acids is 2. The van der Waals surface area contributed by atoms with Crippen molar-refractivity contribution in [2.45, 2.75) is 48.4 Å². The molecule has 0 saturated heterocycles. The predicted octanol–water partition coefficient (Wildman–Crippen LogP) is 2.68. The first-order valence-corrected chi connectivity index (χ1v) is 15.0. The molecule has 0 N–H and O–H groups in total. The smallest absolute Gasteiger partial charge is 0.195 e. The van der Waals surface area contributed by atoms with Crippen molar-refractivity contribution in [3.8, 4) is 0 Å². The number of rotatable bonds is 12. The Kier molecular flexibility index (Phi) is 13.7. The number of hydrogen-bond donors (Lipinski definition) is 0. The monoisotopic (exact) mass is 556 g/mol. The third-order valence-electron chi connectivity index (χ3n) is 4.60. The number of carbonyl (C=O) groups is 4. The number of ketones is 2. The Hall–Kier alpha value is -2.74. The van der Waals surface area contributed by atoms with Crippen LogP contribution in [0.3, 0.4) is 0 Å². The quantitative estimate of drug-likeness (QED) is 0.0994. The second kappa shape index (κ2) is 16.0. The van der Waals surface area contributed by atoms with Crippen molar-refractivity contribution in [2.75, 3.05) is 0 Å². The zero-order valence-corrected chi connectivity index (χ0v) is 21.8. The van der Waals surface area contributed by atoms with E-state index in [4.69, 9.17) is 0 Å². The van der Waals surface area contributed by atoms with Crippen LogP contribution in [0.2, 0.25) is 8.87 Å². The zero-order valence-electron chi connectivity index (χ0n) is 19.0. The van der Waals surface area contributed by atoms with Crippen LogP contribution in [-0.2, 0) is 9.59 Å². The molecule has 33 heavy (non-hydrogen) atoms. The van der Waals surface area contributed by atoms with Gasteiger partial charge in [-0.05, 0) is 0 Å². The molecule has 0 heterocycles. The molecule has 2 rings (SSSR count). The van der Waals surface area contributed by atoms with E-state index in [9.17, 15) is 29.4 Å². The van der Waals surface area contributed by atoms with Crippen LogP contribution in [0.4, 0.5) is 0 Å². The van der Waals surface area contributed by atoms with Gasteiger partial charge in [0, 0.05) is 11.1 Å². The number of carbonyl (C=O) groups excluding carboxylic acids is 4. The van der Waals surface area contributed by atoms with Gasteiger partial charge in [0.1, 0.15) is 0 Å². The maximum Gasteiger partial charge on any atom is 0.195 e. The summed E-state index contributed by atoms with van der Waals surface area (Å²) in [4.78, 5) is 47.4. The molecule has 0 radical (unpaired) electrons. The summed E-state index contributed by atoms with van der Waals surface area (Å²) in [6, 6.07) is 14.2. The SMILES string of the molecule is CCC[CH2][Sn+2][CH2]CCC.O=C([O-])/C(C(=O)c1ccccc1)=C(\C(=O)[O-])C(=O)c1ccccc1. The summed E-state index contributed by atoms with van der Waals surface area (Å²) < 4.78 is 3.25. The molecule has 2 aromatic rings. The van der Waals surface area contributed by atoms with Gasteiger partial charge < -0.3 is 19.8 Å². The summed E-state index contributed by atoms with van der Waals surface area (Å²) in [5.74, 6) is -6.40. The number of benzene rings is 2. The summed E-state index contributed by atoms with van der Waals surface area (Å²) in [7, 11) is 0. The molecule has 0 fully saturated rings. The summed E-state index contributed by atoms with van der Waals surface area (Å²) in [5.41, 5.74) is -2.65. The van der Waals surface area contributed by atoms with Gasteiger partial charge in [-0.3, -0.25) is 9.59 Å². The first kappa shape index (κ1) is 28.3. The van der Waals surface area contributed by atoms with E-state index < -0.39 is 34.7 Å². The molecule has 2 aromatic carbocycles. The Morgan fingerprint density at radius 2 is 0.970 bits per heavy atom. The molecule has 0 saturated carbocycles. The Morgan fingerprint density at radius 1 is 0.636 bits per heavy atom. The van der Waals surface area contributed by atoms with Gasteiger partial charge in [-0.2, -0.15) is 0 Å². The molecule has 0 aliphatic rings. The van der Waals surface area contributed by atoms with Crippen LogP contribution in [0.1, 0.15) is 60.2 Å². The average molecular weight is 555 g/mol. The summed E-state index contributed by atoms with van der Waals surface area (Å²) in [6.07, 6.45) is 5.84. The topological polar surface area (TPSA) is 114 Å².